The Morgan fingerprint density at radius 3 is 2.50 bits per heavy atom. The first-order valence-corrected chi connectivity index (χ1v) is 15.1. The van der Waals surface area contributed by atoms with E-state index in [1.807, 2.05) is 61.5 Å². The Kier molecular flexibility index (Phi) is 9.15. The molecule has 2 aliphatic rings. The summed E-state index contributed by atoms with van der Waals surface area (Å²) in [4.78, 5) is 45.3. The summed E-state index contributed by atoms with van der Waals surface area (Å²) in [7, 11) is 3.30. The average Bonchev–Trinajstić information content (AvgIpc) is 3.09. The van der Waals surface area contributed by atoms with Crippen LogP contribution in [0.5, 0.6) is 5.75 Å². The van der Waals surface area contributed by atoms with Gasteiger partial charge < -0.3 is 29.9 Å². The molecule has 9 nitrogen and oxygen atoms in total. The fourth-order valence-electron chi connectivity index (χ4n) is 5.83. The molecule has 2 aliphatic heterocycles. The fourth-order valence-corrected chi connectivity index (χ4v) is 6.21. The molecule has 1 fully saturated rings. The van der Waals surface area contributed by atoms with Crippen LogP contribution in [0.3, 0.4) is 0 Å². The van der Waals surface area contributed by atoms with Crippen molar-refractivity contribution in [3.05, 3.63) is 64.6 Å². The molecule has 10 heteroatoms. The number of likely N-dealkylation sites (N-methyl/N-ethyl adjacent to an activating group) is 1. The monoisotopic (exact) mass is 636 g/mol. The van der Waals surface area contributed by atoms with Crippen LogP contribution in [0.15, 0.2) is 59.1 Å². The van der Waals surface area contributed by atoms with Crippen LogP contribution in [0.2, 0.25) is 0 Å². The summed E-state index contributed by atoms with van der Waals surface area (Å²) in [5, 5.41) is 7.85. The lowest BCUT2D eigenvalue weighted by Crippen LogP contribution is -2.60. The standard InChI is InChI=1S/C32H37BrN4O5/c1-19(34-3)30(38)35-29-20(2)37(31(39)21-13-15-42-16-14-21)27-8-6-5-7-26(27)36(32(29)40)18-25-24-11-10-23(33)17-22(24)9-12-28(25)41-4/h5-12,17,19-21,29,34H,13-16,18H2,1-4H3,(H,35,38)/t19-,20-,29-/m0/s1. The SMILES string of the molecule is CN[C@@H](C)C(=O)N[C@@H]1C(=O)N(Cc2c(OC)ccc3cc(Br)ccc23)c2ccccc2N(C(=O)C2CCOCC2)[C@H]1C. The molecule has 0 bridgehead atoms. The number of carbonyl (C=O) groups is 3. The molecular formula is C32H37BrN4O5. The molecule has 3 atom stereocenters. The van der Waals surface area contributed by atoms with Gasteiger partial charge in [-0.2, -0.15) is 0 Å². The van der Waals surface area contributed by atoms with Crippen LogP contribution in [0.4, 0.5) is 11.4 Å². The first-order chi connectivity index (χ1) is 20.2. The summed E-state index contributed by atoms with van der Waals surface area (Å²) in [6.07, 6.45) is 1.22. The Hall–Kier alpha value is -3.47. The lowest BCUT2D eigenvalue weighted by Gasteiger charge is -2.35. The number of rotatable bonds is 7. The number of halogens is 1. The van der Waals surface area contributed by atoms with Crippen LogP contribution >= 0.6 is 15.9 Å². The molecule has 3 aromatic rings. The number of benzene rings is 3. The molecule has 5 rings (SSSR count). The van der Waals surface area contributed by atoms with Crippen molar-refractivity contribution in [1.82, 2.24) is 10.6 Å². The van der Waals surface area contributed by atoms with Gasteiger partial charge in [0.25, 0.3) is 5.91 Å². The topological polar surface area (TPSA) is 100 Å². The maximum absolute atomic E-state index is 14.6. The molecule has 0 radical (unpaired) electrons. The van der Waals surface area contributed by atoms with Crippen LogP contribution in [-0.2, 0) is 25.7 Å². The highest BCUT2D eigenvalue weighted by Gasteiger charge is 2.44. The van der Waals surface area contributed by atoms with Gasteiger partial charge in [-0.25, -0.2) is 0 Å². The highest BCUT2D eigenvalue weighted by atomic mass is 79.9. The van der Waals surface area contributed by atoms with E-state index in [0.29, 0.717) is 43.2 Å². The first kappa shape index (κ1) is 30.0. The Morgan fingerprint density at radius 2 is 1.81 bits per heavy atom. The van der Waals surface area contributed by atoms with Crippen molar-refractivity contribution in [1.29, 1.82) is 0 Å². The van der Waals surface area contributed by atoms with Crippen molar-refractivity contribution in [2.75, 3.05) is 37.2 Å². The smallest absolute Gasteiger partial charge is 0.252 e. The number of nitrogens with one attached hydrogen (secondary N) is 2. The summed E-state index contributed by atoms with van der Waals surface area (Å²) in [6, 6.07) is 15.2. The molecule has 3 aromatic carbocycles. The quantitative estimate of drug-likeness (QED) is 0.399. The summed E-state index contributed by atoms with van der Waals surface area (Å²) in [5.41, 5.74) is 2.07. The predicted octanol–water partition coefficient (Wildman–Crippen LogP) is 4.40. The van der Waals surface area contributed by atoms with Crippen molar-refractivity contribution in [3.8, 4) is 5.75 Å². The molecule has 1 saturated heterocycles. The molecule has 2 N–H and O–H groups in total. The molecule has 0 aromatic heterocycles. The Morgan fingerprint density at radius 1 is 1.10 bits per heavy atom. The minimum atomic E-state index is -0.986. The third kappa shape index (κ3) is 5.75. The van der Waals surface area contributed by atoms with Gasteiger partial charge in [0.15, 0.2) is 0 Å². The Labute approximate surface area is 254 Å². The van der Waals surface area contributed by atoms with Gasteiger partial charge in [-0.3, -0.25) is 14.4 Å². The zero-order chi connectivity index (χ0) is 30.0. The molecule has 0 spiro atoms. The van der Waals surface area contributed by atoms with E-state index in [-0.39, 0.29) is 30.2 Å². The predicted molar refractivity (Wildman–Crippen MR) is 167 cm³/mol. The van der Waals surface area contributed by atoms with Crippen LogP contribution in [0.1, 0.15) is 32.3 Å². The molecular weight excluding hydrogens is 600 g/mol. The van der Waals surface area contributed by atoms with E-state index in [0.717, 1.165) is 20.8 Å². The molecule has 0 unspecified atom stereocenters. The number of methoxy groups -OCH3 is 1. The van der Waals surface area contributed by atoms with E-state index in [2.05, 4.69) is 26.6 Å². The Bertz CT molecular complexity index is 1490. The van der Waals surface area contributed by atoms with E-state index >= 15 is 0 Å². The van der Waals surface area contributed by atoms with Gasteiger partial charge in [-0.15, -0.1) is 0 Å². The molecule has 42 heavy (non-hydrogen) atoms. The molecule has 0 aliphatic carbocycles. The lowest BCUT2D eigenvalue weighted by atomic mass is 9.96. The second-order valence-corrected chi connectivity index (χ2v) is 11.8. The van der Waals surface area contributed by atoms with Crippen LogP contribution in [0, 0.1) is 5.92 Å². The van der Waals surface area contributed by atoms with Crippen molar-refractivity contribution in [3.63, 3.8) is 0 Å². The minimum Gasteiger partial charge on any atom is -0.496 e. The highest BCUT2D eigenvalue weighted by molar-refractivity contribution is 9.10. The van der Waals surface area contributed by atoms with Crippen LogP contribution in [-0.4, -0.2) is 63.2 Å². The van der Waals surface area contributed by atoms with Gasteiger partial charge in [0.05, 0.1) is 37.1 Å². The number of hydrogen-bond acceptors (Lipinski definition) is 6. The van der Waals surface area contributed by atoms with Crippen molar-refractivity contribution in [2.45, 2.75) is 51.4 Å². The highest BCUT2D eigenvalue weighted by Crippen LogP contribution is 2.40. The molecule has 3 amide bonds. The van der Waals surface area contributed by atoms with Gasteiger partial charge in [0.2, 0.25) is 11.8 Å². The lowest BCUT2D eigenvalue weighted by molar-refractivity contribution is -0.130. The largest absolute Gasteiger partial charge is 0.496 e. The van der Waals surface area contributed by atoms with Gasteiger partial charge in [-0.1, -0.05) is 40.2 Å². The van der Waals surface area contributed by atoms with E-state index in [1.54, 1.807) is 30.9 Å². The van der Waals surface area contributed by atoms with E-state index in [4.69, 9.17) is 9.47 Å². The van der Waals surface area contributed by atoms with Crippen molar-refractivity contribution in [2.24, 2.45) is 5.92 Å². The normalized spacial score (nSPS) is 20.2. The number of nitrogens with zero attached hydrogens (tertiary/aromatic N) is 2. The number of fused-ring (bicyclic) bond motifs is 2. The van der Waals surface area contributed by atoms with E-state index < -0.39 is 18.1 Å². The zero-order valence-electron chi connectivity index (χ0n) is 24.4. The second kappa shape index (κ2) is 12.8. The molecule has 222 valence electrons. The number of ether oxygens (including phenoxy) is 2. The average molecular weight is 638 g/mol. The second-order valence-electron chi connectivity index (χ2n) is 10.9. The van der Waals surface area contributed by atoms with Gasteiger partial charge in [0, 0.05) is 29.2 Å². The summed E-state index contributed by atoms with van der Waals surface area (Å²) >= 11 is 3.55. The summed E-state index contributed by atoms with van der Waals surface area (Å²) in [5.74, 6) is -0.279. The number of anilines is 2. The number of carbonyl (C=O) groups excluding carboxylic acids is 3. The summed E-state index contributed by atoms with van der Waals surface area (Å²) in [6.45, 7) is 4.78. The summed E-state index contributed by atoms with van der Waals surface area (Å²) < 4.78 is 12.2. The number of hydrogen-bond donors (Lipinski definition) is 2. The molecule has 2 heterocycles. The van der Waals surface area contributed by atoms with Gasteiger partial charge in [-0.05, 0) is 74.8 Å². The van der Waals surface area contributed by atoms with E-state index in [1.165, 1.54) is 0 Å². The van der Waals surface area contributed by atoms with Crippen molar-refractivity contribution < 1.29 is 23.9 Å². The van der Waals surface area contributed by atoms with Crippen LogP contribution in [0.25, 0.3) is 10.8 Å². The van der Waals surface area contributed by atoms with Gasteiger partial charge in [0.1, 0.15) is 11.8 Å². The maximum Gasteiger partial charge on any atom is 0.252 e. The maximum atomic E-state index is 14.6. The number of para-hydroxylation sites is 2. The van der Waals surface area contributed by atoms with Crippen LogP contribution < -0.4 is 25.2 Å². The van der Waals surface area contributed by atoms with Crippen molar-refractivity contribution >= 4 is 55.8 Å². The Balaban J connectivity index is 1.66. The third-order valence-electron chi connectivity index (χ3n) is 8.37. The first-order valence-electron chi connectivity index (χ1n) is 14.3. The fraction of sp³-hybridized carbons (Fsp3) is 0.406. The zero-order valence-corrected chi connectivity index (χ0v) is 25.9. The third-order valence-corrected chi connectivity index (χ3v) is 8.87. The number of amides is 3. The van der Waals surface area contributed by atoms with Gasteiger partial charge >= 0.3 is 0 Å². The molecule has 0 saturated carbocycles. The van der Waals surface area contributed by atoms with E-state index in [9.17, 15) is 14.4 Å². The minimum absolute atomic E-state index is 0.0681.